The number of aliphatic hydroxyl groups excluding tert-OH is 1. The van der Waals surface area contributed by atoms with Crippen molar-refractivity contribution in [3.63, 3.8) is 0 Å². The summed E-state index contributed by atoms with van der Waals surface area (Å²) in [5.74, 6) is -0.734. The Morgan fingerprint density at radius 1 is 1.33 bits per heavy atom. The average molecular weight is 254 g/mol. The molecule has 0 heterocycles. The zero-order valence-corrected chi connectivity index (χ0v) is 9.71. The molecule has 7 nitrogen and oxygen atoms in total. The minimum absolute atomic E-state index is 0.364. The second-order valence-corrected chi connectivity index (χ2v) is 3.42. The van der Waals surface area contributed by atoms with Crippen LogP contribution in [0.4, 0.5) is 10.5 Å². The van der Waals surface area contributed by atoms with E-state index < -0.39 is 18.1 Å². The van der Waals surface area contributed by atoms with Crippen LogP contribution in [0.5, 0.6) is 5.75 Å². The number of hydrogen-bond acceptors (Lipinski definition) is 4. The van der Waals surface area contributed by atoms with Gasteiger partial charge in [0.2, 0.25) is 0 Å². The van der Waals surface area contributed by atoms with Crippen LogP contribution in [-0.4, -0.2) is 42.0 Å². The van der Waals surface area contributed by atoms with Gasteiger partial charge in [0.25, 0.3) is 0 Å². The van der Waals surface area contributed by atoms with E-state index in [1.165, 1.54) is 7.11 Å². The fourth-order valence-electron chi connectivity index (χ4n) is 1.13. The summed E-state index contributed by atoms with van der Waals surface area (Å²) in [6, 6.07) is 6.00. The first-order valence-corrected chi connectivity index (χ1v) is 5.12. The van der Waals surface area contributed by atoms with Crippen molar-refractivity contribution in [1.29, 1.82) is 0 Å². The Hall–Kier alpha value is -2.28. The lowest BCUT2D eigenvalue weighted by atomic mass is 10.3. The number of carbonyl (C=O) groups excluding carboxylic acids is 1. The third-order valence-electron chi connectivity index (χ3n) is 2.09. The van der Waals surface area contributed by atoms with E-state index in [4.69, 9.17) is 14.9 Å². The van der Waals surface area contributed by atoms with Gasteiger partial charge in [0.15, 0.2) is 6.10 Å². The Kier molecular flexibility index (Phi) is 4.94. The lowest BCUT2D eigenvalue weighted by Gasteiger charge is -2.09. The number of benzene rings is 1. The summed E-state index contributed by atoms with van der Waals surface area (Å²) in [6.07, 6.45) is -1.62. The van der Waals surface area contributed by atoms with Crippen molar-refractivity contribution in [3.8, 4) is 5.75 Å². The van der Waals surface area contributed by atoms with Crippen molar-refractivity contribution < 1.29 is 24.5 Å². The highest BCUT2D eigenvalue weighted by atomic mass is 16.5. The monoisotopic (exact) mass is 254 g/mol. The van der Waals surface area contributed by atoms with Crippen LogP contribution in [0.1, 0.15) is 0 Å². The third kappa shape index (κ3) is 4.30. The second-order valence-electron chi connectivity index (χ2n) is 3.42. The van der Waals surface area contributed by atoms with Gasteiger partial charge in [-0.2, -0.15) is 0 Å². The highest BCUT2D eigenvalue weighted by molar-refractivity contribution is 5.89. The first-order valence-electron chi connectivity index (χ1n) is 5.12. The van der Waals surface area contributed by atoms with Crippen molar-refractivity contribution >= 4 is 17.7 Å². The number of methoxy groups -OCH3 is 1. The van der Waals surface area contributed by atoms with Gasteiger partial charge < -0.3 is 25.6 Å². The largest absolute Gasteiger partial charge is 0.497 e. The Balaban J connectivity index is 2.42. The summed E-state index contributed by atoms with van der Waals surface area (Å²) in [7, 11) is 1.53. The fraction of sp³-hybridized carbons (Fsp3) is 0.273. The van der Waals surface area contributed by atoms with Gasteiger partial charge in [-0.25, -0.2) is 9.59 Å². The quantitative estimate of drug-likeness (QED) is 0.603. The summed E-state index contributed by atoms with van der Waals surface area (Å²) in [5, 5.41) is 22.1. The number of nitrogens with one attached hydrogen (secondary N) is 2. The predicted molar refractivity (Wildman–Crippen MR) is 63.7 cm³/mol. The molecular formula is C11H14N2O5. The molecule has 0 saturated carbocycles. The standard InChI is InChI=1S/C11H14N2O5/c1-18-8-4-2-7(3-5-8)13-11(17)12-6-9(14)10(15)16/h2-5,9,14H,6H2,1H3,(H,15,16)(H2,12,13,17)/t9-/m0/s1. The van der Waals surface area contributed by atoms with Crippen molar-refractivity contribution in [2.45, 2.75) is 6.10 Å². The molecule has 0 unspecified atom stereocenters. The zero-order chi connectivity index (χ0) is 13.5. The van der Waals surface area contributed by atoms with E-state index in [2.05, 4.69) is 10.6 Å². The van der Waals surface area contributed by atoms with Gasteiger partial charge in [-0.15, -0.1) is 0 Å². The van der Waals surface area contributed by atoms with E-state index in [1.807, 2.05) is 0 Å². The van der Waals surface area contributed by atoms with Gasteiger partial charge in [0.1, 0.15) is 5.75 Å². The summed E-state index contributed by atoms with van der Waals surface area (Å²) >= 11 is 0. The first-order chi connectivity index (χ1) is 8.52. The summed E-state index contributed by atoms with van der Waals surface area (Å²) in [4.78, 5) is 21.6. The minimum atomic E-state index is -1.62. The maximum atomic E-state index is 11.3. The van der Waals surface area contributed by atoms with Crippen LogP contribution in [0.25, 0.3) is 0 Å². The maximum Gasteiger partial charge on any atom is 0.334 e. The Morgan fingerprint density at radius 2 is 1.94 bits per heavy atom. The fourth-order valence-corrected chi connectivity index (χ4v) is 1.13. The Morgan fingerprint density at radius 3 is 2.44 bits per heavy atom. The maximum absolute atomic E-state index is 11.3. The molecule has 2 amide bonds. The first kappa shape index (κ1) is 13.8. The number of hydrogen-bond donors (Lipinski definition) is 4. The molecule has 0 radical (unpaired) electrons. The van der Waals surface area contributed by atoms with Crippen LogP contribution in [-0.2, 0) is 4.79 Å². The smallest absolute Gasteiger partial charge is 0.334 e. The number of amides is 2. The van der Waals surface area contributed by atoms with Crippen LogP contribution in [0.15, 0.2) is 24.3 Å². The molecule has 18 heavy (non-hydrogen) atoms. The summed E-state index contributed by atoms with van der Waals surface area (Å²) in [5.41, 5.74) is 0.526. The van der Waals surface area contributed by atoms with Crippen LogP contribution in [0.2, 0.25) is 0 Å². The molecule has 0 aliphatic heterocycles. The van der Waals surface area contributed by atoms with Crippen LogP contribution >= 0.6 is 0 Å². The number of rotatable bonds is 5. The summed E-state index contributed by atoms with van der Waals surface area (Å²) < 4.78 is 4.95. The van der Waals surface area contributed by atoms with Gasteiger partial charge in [0.05, 0.1) is 13.7 Å². The van der Waals surface area contributed by atoms with Crippen molar-refractivity contribution in [2.24, 2.45) is 0 Å². The molecule has 98 valence electrons. The number of urea groups is 1. The molecule has 4 N–H and O–H groups in total. The van der Waals surface area contributed by atoms with Crippen molar-refractivity contribution in [1.82, 2.24) is 5.32 Å². The molecule has 1 rings (SSSR count). The second kappa shape index (κ2) is 6.45. The highest BCUT2D eigenvalue weighted by Crippen LogP contribution is 2.14. The van der Waals surface area contributed by atoms with Gasteiger partial charge in [-0.05, 0) is 24.3 Å². The third-order valence-corrected chi connectivity index (χ3v) is 2.09. The van der Waals surface area contributed by atoms with E-state index in [1.54, 1.807) is 24.3 Å². The van der Waals surface area contributed by atoms with Gasteiger partial charge in [-0.1, -0.05) is 0 Å². The lowest BCUT2D eigenvalue weighted by Crippen LogP contribution is -2.38. The number of carboxylic acids is 1. The normalized spacial score (nSPS) is 11.4. The molecular weight excluding hydrogens is 240 g/mol. The minimum Gasteiger partial charge on any atom is -0.497 e. The van der Waals surface area contributed by atoms with Crippen LogP contribution in [0.3, 0.4) is 0 Å². The number of anilines is 1. The molecule has 1 atom stereocenters. The van der Waals surface area contributed by atoms with Gasteiger partial charge in [-0.3, -0.25) is 0 Å². The Bertz CT molecular complexity index is 418. The molecule has 0 aromatic heterocycles. The van der Waals surface area contributed by atoms with Crippen LogP contribution in [0, 0.1) is 0 Å². The number of ether oxygens (including phenoxy) is 1. The molecule has 0 fully saturated rings. The average Bonchev–Trinajstić information content (AvgIpc) is 2.36. The SMILES string of the molecule is COc1ccc(NC(=O)NC[C@H](O)C(=O)O)cc1. The highest BCUT2D eigenvalue weighted by Gasteiger charge is 2.13. The van der Waals surface area contributed by atoms with Gasteiger partial charge in [0, 0.05) is 5.69 Å². The molecule has 0 saturated heterocycles. The zero-order valence-electron chi connectivity index (χ0n) is 9.71. The van der Waals surface area contributed by atoms with E-state index in [0.29, 0.717) is 11.4 Å². The van der Waals surface area contributed by atoms with E-state index >= 15 is 0 Å². The molecule has 0 bridgehead atoms. The van der Waals surface area contributed by atoms with Crippen molar-refractivity contribution in [3.05, 3.63) is 24.3 Å². The number of carboxylic acid groups (broad SMARTS) is 1. The predicted octanol–water partition coefficient (Wildman–Crippen LogP) is 0.262. The van der Waals surface area contributed by atoms with Gasteiger partial charge >= 0.3 is 12.0 Å². The lowest BCUT2D eigenvalue weighted by molar-refractivity contribution is -0.146. The molecule has 1 aromatic rings. The topological polar surface area (TPSA) is 108 Å². The Labute approximate surface area is 103 Å². The van der Waals surface area contributed by atoms with Crippen molar-refractivity contribution in [2.75, 3.05) is 19.0 Å². The number of carbonyl (C=O) groups is 2. The van der Waals surface area contributed by atoms with E-state index in [0.717, 1.165) is 0 Å². The molecule has 0 aliphatic rings. The number of aliphatic carboxylic acids is 1. The molecule has 0 spiro atoms. The van der Waals surface area contributed by atoms with E-state index in [-0.39, 0.29) is 6.54 Å². The van der Waals surface area contributed by atoms with Crippen LogP contribution < -0.4 is 15.4 Å². The number of aliphatic hydroxyl groups is 1. The molecule has 0 aliphatic carbocycles. The molecule has 1 aromatic carbocycles. The van der Waals surface area contributed by atoms with E-state index in [9.17, 15) is 9.59 Å². The summed E-state index contributed by atoms with van der Waals surface area (Å²) in [6.45, 7) is -0.364. The molecule has 7 heteroatoms.